The Morgan fingerprint density at radius 3 is 2.50 bits per heavy atom. The highest BCUT2D eigenvalue weighted by Crippen LogP contribution is 2.24. The van der Waals surface area contributed by atoms with Crippen molar-refractivity contribution in [2.45, 2.75) is 13.8 Å². The van der Waals surface area contributed by atoms with E-state index in [1.165, 1.54) is 18.3 Å². The zero-order valence-corrected chi connectivity index (χ0v) is 15.9. The molecule has 0 radical (unpaired) electrons. The number of carbonyl (C=O) groups excluding carboxylic acids is 3. The van der Waals surface area contributed by atoms with Gasteiger partial charge < -0.3 is 20.0 Å². The number of aliphatic carboxylic acids is 1. The molecular formula is C19H17ClN3O5-. The molecule has 2 rings (SSSR count). The number of halogens is 1. The van der Waals surface area contributed by atoms with Crippen molar-refractivity contribution in [1.29, 1.82) is 0 Å². The van der Waals surface area contributed by atoms with Gasteiger partial charge in [-0.05, 0) is 60.9 Å². The molecule has 0 saturated heterocycles. The number of rotatable bonds is 6. The largest absolute Gasteiger partial charge is 0.546 e. The van der Waals surface area contributed by atoms with Crippen LogP contribution in [0, 0.1) is 13.8 Å². The summed E-state index contributed by atoms with van der Waals surface area (Å²) in [5.41, 5.74) is 5.17. The van der Waals surface area contributed by atoms with Crippen LogP contribution in [0.3, 0.4) is 0 Å². The third kappa shape index (κ3) is 6.10. The van der Waals surface area contributed by atoms with Gasteiger partial charge in [-0.15, -0.1) is 0 Å². The van der Waals surface area contributed by atoms with Gasteiger partial charge in [0.2, 0.25) is 0 Å². The van der Waals surface area contributed by atoms with Crippen LogP contribution in [0.15, 0.2) is 41.5 Å². The van der Waals surface area contributed by atoms with Crippen molar-refractivity contribution in [2.24, 2.45) is 5.10 Å². The third-order valence-electron chi connectivity index (χ3n) is 3.65. The van der Waals surface area contributed by atoms with Crippen molar-refractivity contribution in [3.05, 3.63) is 58.1 Å². The minimum Gasteiger partial charge on any atom is -0.546 e. The number of amides is 2. The second-order valence-corrected chi connectivity index (χ2v) is 6.21. The number of nitrogens with zero attached hydrogens (tertiary/aromatic N) is 1. The van der Waals surface area contributed by atoms with Crippen molar-refractivity contribution in [3.8, 4) is 5.75 Å². The fourth-order valence-electron chi connectivity index (χ4n) is 2.07. The molecule has 0 aliphatic carbocycles. The summed E-state index contributed by atoms with van der Waals surface area (Å²) in [6, 6.07) is 9.74. The van der Waals surface area contributed by atoms with Crippen molar-refractivity contribution < 1.29 is 24.2 Å². The molecule has 0 spiro atoms. The Hall–Kier alpha value is -3.39. The Labute approximate surface area is 166 Å². The predicted molar refractivity (Wildman–Crippen MR) is 102 cm³/mol. The maximum atomic E-state index is 11.9. The summed E-state index contributed by atoms with van der Waals surface area (Å²) >= 11 is 5.97. The van der Waals surface area contributed by atoms with E-state index in [0.717, 1.165) is 11.1 Å². The Bertz CT molecular complexity index is 943. The lowest BCUT2D eigenvalue weighted by Crippen LogP contribution is -2.32. The number of carboxylic acids is 1. The molecule has 9 heteroatoms. The van der Waals surface area contributed by atoms with Crippen LogP contribution >= 0.6 is 11.6 Å². The van der Waals surface area contributed by atoms with E-state index in [4.69, 9.17) is 16.3 Å². The minimum absolute atomic E-state index is 0.156. The second kappa shape index (κ2) is 9.52. The summed E-state index contributed by atoms with van der Waals surface area (Å²) in [6.07, 6.45) is 1.27. The molecule has 8 nitrogen and oxygen atoms in total. The molecule has 2 aromatic carbocycles. The number of aryl methyl sites for hydroxylation is 2. The summed E-state index contributed by atoms with van der Waals surface area (Å²) in [4.78, 5) is 34.1. The molecule has 0 saturated carbocycles. The molecule has 0 aliphatic rings. The van der Waals surface area contributed by atoms with Crippen LogP contribution < -0.4 is 20.6 Å². The van der Waals surface area contributed by atoms with Crippen molar-refractivity contribution in [2.75, 3.05) is 11.9 Å². The van der Waals surface area contributed by atoms with Gasteiger partial charge >= 0.3 is 11.8 Å². The van der Waals surface area contributed by atoms with Crippen molar-refractivity contribution in [3.63, 3.8) is 0 Å². The molecule has 0 aliphatic heterocycles. The fraction of sp³-hybridized carbons (Fsp3) is 0.158. The third-order valence-corrected chi connectivity index (χ3v) is 3.95. The van der Waals surface area contributed by atoms with Crippen LogP contribution in [-0.4, -0.2) is 30.6 Å². The van der Waals surface area contributed by atoms with Gasteiger partial charge in [0.05, 0.1) is 17.2 Å². The molecule has 0 fully saturated rings. The summed E-state index contributed by atoms with van der Waals surface area (Å²) < 4.78 is 4.94. The first-order valence-electron chi connectivity index (χ1n) is 8.10. The Morgan fingerprint density at radius 1 is 1.11 bits per heavy atom. The lowest BCUT2D eigenvalue weighted by atomic mass is 10.1. The zero-order chi connectivity index (χ0) is 20.7. The van der Waals surface area contributed by atoms with Crippen molar-refractivity contribution >= 4 is 41.3 Å². The van der Waals surface area contributed by atoms with Crippen molar-refractivity contribution in [1.82, 2.24) is 5.43 Å². The number of carboxylic acid groups (broad SMARTS) is 1. The molecule has 0 heterocycles. The topological polar surface area (TPSA) is 120 Å². The van der Waals surface area contributed by atoms with Crippen LogP contribution in [0.4, 0.5) is 5.69 Å². The van der Waals surface area contributed by atoms with E-state index in [-0.39, 0.29) is 10.8 Å². The average molecular weight is 403 g/mol. The number of hydrogen-bond donors (Lipinski definition) is 2. The standard InChI is InChI=1S/C19H18ClN3O5/c1-11-3-5-14(7-12(11)2)22-18(26)19(27)23-21-9-13-4-6-16(15(20)8-13)28-10-17(24)25/h3-9H,10H2,1-2H3,(H,22,26)(H,23,27)(H,24,25)/p-1/b21-9-. The minimum atomic E-state index is -1.37. The van der Waals surface area contributed by atoms with E-state index in [1.54, 1.807) is 18.2 Å². The van der Waals surface area contributed by atoms with E-state index >= 15 is 0 Å². The summed E-state index contributed by atoms with van der Waals surface area (Å²) in [6.45, 7) is 3.21. The van der Waals surface area contributed by atoms with Gasteiger partial charge in [0.15, 0.2) is 0 Å². The molecular weight excluding hydrogens is 386 g/mol. The highest BCUT2D eigenvalue weighted by atomic mass is 35.5. The Balaban J connectivity index is 1.91. The van der Waals surface area contributed by atoms with Gasteiger partial charge in [0, 0.05) is 5.69 Å². The lowest BCUT2D eigenvalue weighted by molar-refractivity contribution is -0.307. The average Bonchev–Trinajstić information content (AvgIpc) is 2.63. The fourth-order valence-corrected chi connectivity index (χ4v) is 2.32. The highest BCUT2D eigenvalue weighted by molar-refractivity contribution is 6.39. The van der Waals surface area contributed by atoms with E-state index < -0.39 is 24.4 Å². The Kier molecular flexibility index (Phi) is 7.11. The molecule has 2 aromatic rings. The molecule has 0 aromatic heterocycles. The van der Waals surface area contributed by atoms with Crippen LogP contribution in [0.25, 0.3) is 0 Å². The van der Waals surface area contributed by atoms with Crippen LogP contribution in [0.2, 0.25) is 5.02 Å². The second-order valence-electron chi connectivity index (χ2n) is 5.80. The van der Waals surface area contributed by atoms with Gasteiger partial charge in [0.1, 0.15) is 12.4 Å². The summed E-state index contributed by atoms with van der Waals surface area (Å²) in [5, 5.41) is 16.7. The number of benzene rings is 2. The maximum absolute atomic E-state index is 11.9. The number of carbonyl (C=O) groups is 3. The van der Waals surface area contributed by atoms with Crippen LogP contribution in [0.1, 0.15) is 16.7 Å². The lowest BCUT2D eigenvalue weighted by Gasteiger charge is -2.08. The van der Waals surface area contributed by atoms with Gasteiger partial charge in [-0.3, -0.25) is 9.59 Å². The SMILES string of the molecule is Cc1ccc(NC(=O)C(=O)N/N=C\c2ccc(OCC(=O)[O-])c(Cl)c2)cc1C. The van der Waals surface area contributed by atoms with Gasteiger partial charge in [0.25, 0.3) is 0 Å². The predicted octanol–water partition coefficient (Wildman–Crippen LogP) is 1.17. The van der Waals surface area contributed by atoms with Crippen LogP contribution in [0.5, 0.6) is 5.75 Å². The first kappa shape index (κ1) is 20.9. The molecule has 0 unspecified atom stereocenters. The van der Waals surface area contributed by atoms with E-state index in [1.807, 2.05) is 19.9 Å². The van der Waals surface area contributed by atoms with Gasteiger partial charge in [-0.1, -0.05) is 17.7 Å². The Morgan fingerprint density at radius 2 is 1.86 bits per heavy atom. The first-order chi connectivity index (χ1) is 13.3. The zero-order valence-electron chi connectivity index (χ0n) is 15.1. The van der Waals surface area contributed by atoms with E-state index in [9.17, 15) is 19.5 Å². The monoisotopic (exact) mass is 402 g/mol. The number of anilines is 1. The maximum Gasteiger partial charge on any atom is 0.329 e. The molecule has 0 atom stereocenters. The van der Waals surface area contributed by atoms with Gasteiger partial charge in [-0.25, -0.2) is 5.43 Å². The summed E-state index contributed by atoms with van der Waals surface area (Å²) in [7, 11) is 0. The first-order valence-corrected chi connectivity index (χ1v) is 8.48. The van der Waals surface area contributed by atoms with Gasteiger partial charge in [-0.2, -0.15) is 5.10 Å². The normalized spacial score (nSPS) is 10.5. The molecule has 2 N–H and O–H groups in total. The molecule has 146 valence electrons. The van der Waals surface area contributed by atoms with E-state index in [0.29, 0.717) is 11.3 Å². The smallest absolute Gasteiger partial charge is 0.329 e. The van der Waals surface area contributed by atoms with Crippen LogP contribution in [-0.2, 0) is 14.4 Å². The number of hydrogen-bond acceptors (Lipinski definition) is 6. The molecule has 28 heavy (non-hydrogen) atoms. The highest BCUT2D eigenvalue weighted by Gasteiger charge is 2.13. The molecule has 2 amide bonds. The number of nitrogens with one attached hydrogen (secondary N) is 2. The summed E-state index contributed by atoms with van der Waals surface area (Å²) in [5.74, 6) is -3.00. The quantitative estimate of drug-likeness (QED) is 0.427. The molecule has 0 bridgehead atoms. The number of ether oxygens (including phenoxy) is 1. The number of hydrazone groups is 1. The van der Waals surface area contributed by atoms with E-state index in [2.05, 4.69) is 15.8 Å².